The standard InChI is InChI=1S/C22H22N2O6/c1-22(2,24-19(26)16-6-4-5-7-17(16)20(24)27)13-30-12-18(25)23-15-10-8-14(9-11-15)21(28)29-3/h4-11H,12-13H2,1-3H3,(H,23,25). The molecule has 0 atom stereocenters. The van der Waals surface area contributed by atoms with Crippen LogP contribution in [0.25, 0.3) is 0 Å². The van der Waals surface area contributed by atoms with Gasteiger partial charge in [-0.15, -0.1) is 0 Å². The average molecular weight is 410 g/mol. The highest BCUT2D eigenvalue weighted by molar-refractivity contribution is 6.21. The molecule has 1 heterocycles. The summed E-state index contributed by atoms with van der Waals surface area (Å²) in [6.07, 6.45) is 0. The van der Waals surface area contributed by atoms with Gasteiger partial charge >= 0.3 is 5.97 Å². The molecule has 3 amide bonds. The third-order valence-electron chi connectivity index (χ3n) is 4.68. The monoisotopic (exact) mass is 410 g/mol. The van der Waals surface area contributed by atoms with Crippen LogP contribution in [0.2, 0.25) is 0 Å². The van der Waals surface area contributed by atoms with Gasteiger partial charge in [-0.25, -0.2) is 4.79 Å². The quantitative estimate of drug-likeness (QED) is 0.556. The van der Waals surface area contributed by atoms with Crippen LogP contribution in [0.5, 0.6) is 0 Å². The Kier molecular flexibility index (Phi) is 5.98. The number of rotatable bonds is 7. The van der Waals surface area contributed by atoms with E-state index in [1.807, 2.05) is 0 Å². The second-order valence-electron chi connectivity index (χ2n) is 7.41. The fourth-order valence-electron chi connectivity index (χ4n) is 3.20. The maximum Gasteiger partial charge on any atom is 0.337 e. The van der Waals surface area contributed by atoms with E-state index in [2.05, 4.69) is 10.1 Å². The average Bonchev–Trinajstić information content (AvgIpc) is 2.99. The molecule has 2 aromatic rings. The summed E-state index contributed by atoms with van der Waals surface area (Å²) in [6.45, 7) is 3.15. The smallest absolute Gasteiger partial charge is 0.337 e. The maximum atomic E-state index is 12.6. The minimum absolute atomic E-state index is 0.00678. The van der Waals surface area contributed by atoms with Gasteiger partial charge < -0.3 is 14.8 Å². The molecule has 1 aliphatic heterocycles. The van der Waals surface area contributed by atoms with E-state index >= 15 is 0 Å². The highest BCUT2D eigenvalue weighted by Gasteiger charge is 2.44. The molecule has 1 N–H and O–H groups in total. The van der Waals surface area contributed by atoms with Crippen LogP contribution in [-0.4, -0.2) is 54.5 Å². The van der Waals surface area contributed by atoms with E-state index in [-0.39, 0.29) is 25.0 Å². The van der Waals surface area contributed by atoms with E-state index in [4.69, 9.17) is 4.74 Å². The number of nitrogens with zero attached hydrogens (tertiary/aromatic N) is 1. The lowest BCUT2D eigenvalue weighted by Crippen LogP contribution is -2.50. The Labute approximate surface area is 173 Å². The normalized spacial score (nSPS) is 13.2. The highest BCUT2D eigenvalue weighted by Crippen LogP contribution is 2.29. The Morgan fingerprint density at radius 3 is 2.07 bits per heavy atom. The second-order valence-corrected chi connectivity index (χ2v) is 7.41. The molecular formula is C22H22N2O6. The third kappa shape index (κ3) is 4.23. The molecule has 8 heteroatoms. The Bertz CT molecular complexity index is 962. The molecular weight excluding hydrogens is 388 g/mol. The molecule has 0 radical (unpaired) electrons. The zero-order valence-corrected chi connectivity index (χ0v) is 16.9. The van der Waals surface area contributed by atoms with Crippen molar-refractivity contribution in [1.29, 1.82) is 0 Å². The van der Waals surface area contributed by atoms with Gasteiger partial charge in [0.15, 0.2) is 0 Å². The van der Waals surface area contributed by atoms with E-state index in [0.717, 1.165) is 0 Å². The number of imide groups is 1. The molecule has 2 aromatic carbocycles. The molecule has 8 nitrogen and oxygen atoms in total. The van der Waals surface area contributed by atoms with Crippen molar-refractivity contribution in [2.24, 2.45) is 0 Å². The van der Waals surface area contributed by atoms with Crippen molar-refractivity contribution in [3.63, 3.8) is 0 Å². The predicted octanol–water partition coefficient (Wildman–Crippen LogP) is 2.50. The van der Waals surface area contributed by atoms with Crippen LogP contribution in [0.4, 0.5) is 5.69 Å². The number of methoxy groups -OCH3 is 1. The van der Waals surface area contributed by atoms with Gasteiger partial charge in [-0.2, -0.15) is 0 Å². The first kappa shape index (κ1) is 21.2. The van der Waals surface area contributed by atoms with Crippen molar-refractivity contribution >= 4 is 29.4 Å². The van der Waals surface area contributed by atoms with Gasteiger partial charge in [0, 0.05) is 5.69 Å². The lowest BCUT2D eigenvalue weighted by atomic mass is 10.0. The number of hydrogen-bond acceptors (Lipinski definition) is 6. The van der Waals surface area contributed by atoms with Gasteiger partial charge in [-0.3, -0.25) is 19.3 Å². The van der Waals surface area contributed by atoms with Crippen LogP contribution < -0.4 is 5.32 Å². The van der Waals surface area contributed by atoms with Crippen LogP contribution in [-0.2, 0) is 14.3 Å². The molecule has 0 saturated carbocycles. The number of amides is 3. The van der Waals surface area contributed by atoms with Crippen LogP contribution in [0.15, 0.2) is 48.5 Å². The molecule has 30 heavy (non-hydrogen) atoms. The molecule has 0 bridgehead atoms. The van der Waals surface area contributed by atoms with Crippen LogP contribution in [0, 0.1) is 0 Å². The number of anilines is 1. The van der Waals surface area contributed by atoms with E-state index in [1.165, 1.54) is 24.1 Å². The van der Waals surface area contributed by atoms with Crippen LogP contribution >= 0.6 is 0 Å². The van der Waals surface area contributed by atoms with Crippen molar-refractivity contribution in [3.05, 3.63) is 65.2 Å². The van der Waals surface area contributed by atoms with Crippen molar-refractivity contribution in [1.82, 2.24) is 4.90 Å². The molecule has 1 aliphatic rings. The number of benzene rings is 2. The topological polar surface area (TPSA) is 102 Å². The lowest BCUT2D eigenvalue weighted by Gasteiger charge is -2.33. The first-order chi connectivity index (χ1) is 14.2. The maximum absolute atomic E-state index is 12.6. The Morgan fingerprint density at radius 1 is 0.967 bits per heavy atom. The van der Waals surface area contributed by atoms with Crippen molar-refractivity contribution in [2.75, 3.05) is 25.6 Å². The summed E-state index contributed by atoms with van der Waals surface area (Å²) in [4.78, 5) is 50.0. The summed E-state index contributed by atoms with van der Waals surface area (Å²) in [5.74, 6) is -1.62. The van der Waals surface area contributed by atoms with Gasteiger partial charge in [0.1, 0.15) is 6.61 Å². The summed E-state index contributed by atoms with van der Waals surface area (Å²) >= 11 is 0. The van der Waals surface area contributed by atoms with Crippen molar-refractivity contribution in [2.45, 2.75) is 19.4 Å². The number of carbonyl (C=O) groups is 4. The van der Waals surface area contributed by atoms with E-state index in [1.54, 1.807) is 50.2 Å². The number of fused-ring (bicyclic) bond motifs is 1. The summed E-state index contributed by atoms with van der Waals surface area (Å²) in [6, 6.07) is 12.9. The highest BCUT2D eigenvalue weighted by atomic mass is 16.5. The minimum Gasteiger partial charge on any atom is -0.465 e. The molecule has 0 spiro atoms. The van der Waals surface area contributed by atoms with Gasteiger partial charge in [0.05, 0.1) is 35.9 Å². The first-order valence-electron chi connectivity index (χ1n) is 9.28. The Hall–Kier alpha value is -3.52. The zero-order chi connectivity index (χ0) is 21.9. The molecule has 0 saturated heterocycles. The van der Waals surface area contributed by atoms with Crippen molar-refractivity contribution in [3.8, 4) is 0 Å². The second kappa shape index (κ2) is 8.46. The summed E-state index contributed by atoms with van der Waals surface area (Å²) in [5.41, 5.74) is 0.660. The molecule has 0 unspecified atom stereocenters. The summed E-state index contributed by atoms with van der Waals surface area (Å²) < 4.78 is 10.1. The fourth-order valence-corrected chi connectivity index (χ4v) is 3.20. The van der Waals surface area contributed by atoms with E-state index in [9.17, 15) is 19.2 Å². The van der Waals surface area contributed by atoms with Gasteiger partial charge in [-0.1, -0.05) is 12.1 Å². The largest absolute Gasteiger partial charge is 0.465 e. The third-order valence-corrected chi connectivity index (χ3v) is 4.68. The van der Waals surface area contributed by atoms with E-state index in [0.29, 0.717) is 22.4 Å². The Balaban J connectivity index is 1.54. The number of ether oxygens (including phenoxy) is 2. The first-order valence-corrected chi connectivity index (χ1v) is 9.28. The number of hydrogen-bond donors (Lipinski definition) is 1. The lowest BCUT2D eigenvalue weighted by molar-refractivity contribution is -0.121. The zero-order valence-electron chi connectivity index (χ0n) is 16.9. The van der Waals surface area contributed by atoms with Crippen LogP contribution in [0.3, 0.4) is 0 Å². The number of nitrogens with one attached hydrogen (secondary N) is 1. The number of carbonyl (C=O) groups excluding carboxylic acids is 4. The van der Waals surface area contributed by atoms with Gasteiger partial charge in [-0.05, 0) is 50.2 Å². The van der Waals surface area contributed by atoms with E-state index < -0.39 is 17.4 Å². The molecule has 156 valence electrons. The molecule has 0 aromatic heterocycles. The molecule has 3 rings (SSSR count). The number of esters is 1. The van der Waals surface area contributed by atoms with Gasteiger partial charge in [0.25, 0.3) is 11.8 Å². The summed E-state index contributed by atoms with van der Waals surface area (Å²) in [7, 11) is 1.29. The van der Waals surface area contributed by atoms with Crippen molar-refractivity contribution < 1.29 is 28.7 Å². The van der Waals surface area contributed by atoms with Gasteiger partial charge in [0.2, 0.25) is 5.91 Å². The Morgan fingerprint density at radius 2 is 1.53 bits per heavy atom. The summed E-state index contributed by atoms with van der Waals surface area (Å²) in [5, 5.41) is 2.65. The fraction of sp³-hybridized carbons (Fsp3) is 0.273. The van der Waals surface area contributed by atoms with Crippen LogP contribution in [0.1, 0.15) is 44.9 Å². The molecule has 0 fully saturated rings. The molecule has 0 aliphatic carbocycles. The predicted molar refractivity (Wildman–Crippen MR) is 108 cm³/mol. The SMILES string of the molecule is COC(=O)c1ccc(NC(=O)COCC(C)(C)N2C(=O)c3ccccc3C2=O)cc1. The minimum atomic E-state index is -0.935.